The van der Waals surface area contributed by atoms with Gasteiger partial charge in [-0.25, -0.2) is 0 Å². The van der Waals surface area contributed by atoms with Gasteiger partial charge in [0.1, 0.15) is 29.3 Å². The second-order valence-electron chi connectivity index (χ2n) is 7.21. The predicted octanol–water partition coefficient (Wildman–Crippen LogP) is 1.72. The van der Waals surface area contributed by atoms with Crippen molar-refractivity contribution in [3.05, 3.63) is 103 Å². The number of hydrogen-bond acceptors (Lipinski definition) is 1. The van der Waals surface area contributed by atoms with Crippen LogP contribution in [0.4, 0.5) is 0 Å². The average molecular weight is 500 g/mol. The Labute approximate surface area is 186 Å². The molecule has 3 aromatic rings. The molecule has 1 nitrogen and oxygen atoms in total. The fraction of sp³-hybridized carbons (Fsp3) is 0.200. The third-order valence-corrected chi connectivity index (χ3v) is 9.88. The fourth-order valence-electron chi connectivity index (χ4n) is 4.06. The Morgan fingerprint density at radius 2 is 1.18 bits per heavy atom. The maximum atomic E-state index is 6.22. The minimum Gasteiger partial charge on any atom is -1.00 e. The molecule has 0 unspecified atom stereocenters. The Bertz CT molecular complexity index is 797. The quantitative estimate of drug-likeness (QED) is 0.295. The highest BCUT2D eigenvalue weighted by Crippen LogP contribution is 2.56. The Kier molecular flexibility index (Phi) is 7.45. The van der Waals surface area contributed by atoms with Crippen LogP contribution in [0.25, 0.3) is 0 Å². The van der Waals surface area contributed by atoms with Crippen LogP contribution in [0.5, 0.6) is 0 Å². The molecule has 4 rings (SSSR count). The molecular formula is C25H26IOP. The molecule has 3 heteroatoms. The SMILES string of the molecule is CC1=CCO[C@H](C[P+](c2ccccc2)(c2ccccc2)c2ccccc2)C1.[I-]. The van der Waals surface area contributed by atoms with E-state index in [-0.39, 0.29) is 30.1 Å². The first-order valence-corrected chi connectivity index (χ1v) is 11.6. The monoisotopic (exact) mass is 500 g/mol. The summed E-state index contributed by atoms with van der Waals surface area (Å²) >= 11 is 0. The molecule has 0 radical (unpaired) electrons. The highest BCUT2D eigenvalue weighted by molar-refractivity contribution is 7.95. The summed E-state index contributed by atoms with van der Waals surface area (Å²) in [4.78, 5) is 0. The number of rotatable bonds is 5. The van der Waals surface area contributed by atoms with Gasteiger partial charge in [-0.15, -0.1) is 0 Å². The summed E-state index contributed by atoms with van der Waals surface area (Å²) in [5, 5.41) is 4.29. The molecule has 0 saturated carbocycles. The molecule has 0 N–H and O–H groups in total. The van der Waals surface area contributed by atoms with Crippen molar-refractivity contribution in [2.45, 2.75) is 19.4 Å². The molecule has 0 spiro atoms. The molecule has 0 aliphatic carbocycles. The molecular weight excluding hydrogens is 474 g/mol. The van der Waals surface area contributed by atoms with Crippen LogP contribution in [0.1, 0.15) is 13.3 Å². The van der Waals surface area contributed by atoms with Crippen molar-refractivity contribution < 1.29 is 28.7 Å². The number of benzene rings is 3. The highest BCUT2D eigenvalue weighted by atomic mass is 127. The van der Waals surface area contributed by atoms with E-state index in [1.54, 1.807) is 0 Å². The van der Waals surface area contributed by atoms with E-state index >= 15 is 0 Å². The van der Waals surface area contributed by atoms with Crippen LogP contribution in [0.3, 0.4) is 0 Å². The molecule has 28 heavy (non-hydrogen) atoms. The molecule has 0 fully saturated rings. The summed E-state index contributed by atoms with van der Waals surface area (Å²) in [5.74, 6) is 0. The summed E-state index contributed by atoms with van der Waals surface area (Å²) in [6, 6.07) is 33.2. The Morgan fingerprint density at radius 1 is 0.750 bits per heavy atom. The van der Waals surface area contributed by atoms with Gasteiger partial charge in [-0.2, -0.15) is 0 Å². The predicted molar refractivity (Wildman–Crippen MR) is 118 cm³/mol. The van der Waals surface area contributed by atoms with Gasteiger partial charge in [-0.05, 0) is 49.7 Å². The normalized spacial score (nSPS) is 16.8. The zero-order chi connectivity index (χ0) is 18.5. The molecule has 3 aromatic carbocycles. The summed E-state index contributed by atoms with van der Waals surface area (Å²) in [5.41, 5.74) is 1.44. The van der Waals surface area contributed by atoms with E-state index < -0.39 is 7.26 Å². The summed E-state index contributed by atoms with van der Waals surface area (Å²) < 4.78 is 6.22. The lowest BCUT2D eigenvalue weighted by Gasteiger charge is -2.32. The largest absolute Gasteiger partial charge is 1.00 e. The van der Waals surface area contributed by atoms with Crippen LogP contribution in [0.2, 0.25) is 0 Å². The molecule has 1 heterocycles. The van der Waals surface area contributed by atoms with Crippen molar-refractivity contribution in [2.24, 2.45) is 0 Å². The van der Waals surface area contributed by atoms with Crippen molar-refractivity contribution in [3.63, 3.8) is 0 Å². The second-order valence-corrected chi connectivity index (χ2v) is 10.7. The maximum absolute atomic E-state index is 6.22. The van der Waals surface area contributed by atoms with Crippen LogP contribution in [-0.2, 0) is 4.74 Å². The molecule has 0 amide bonds. The third kappa shape index (κ3) is 4.40. The lowest BCUT2D eigenvalue weighted by molar-refractivity contribution is -0.00000762. The fourth-order valence-corrected chi connectivity index (χ4v) is 8.48. The Hall–Kier alpha value is -1.48. The van der Waals surface area contributed by atoms with Gasteiger partial charge in [0, 0.05) is 0 Å². The first-order valence-electron chi connectivity index (χ1n) is 9.61. The highest BCUT2D eigenvalue weighted by Gasteiger charge is 2.47. The standard InChI is InChI=1S/C25H26OP.HI/c1-21-17-18-26-22(19-21)20-27(23-11-5-2-6-12-23,24-13-7-3-8-14-24)25-15-9-4-10-16-25;/h2-17,22H,18-20H2,1H3;1H/q+1;/p-1/t22-;/m0./s1. The van der Waals surface area contributed by atoms with Gasteiger partial charge in [0.15, 0.2) is 0 Å². The third-order valence-electron chi connectivity index (χ3n) is 5.38. The number of hydrogen-bond donors (Lipinski definition) is 0. The second kappa shape index (κ2) is 9.82. The topological polar surface area (TPSA) is 9.23 Å². The minimum atomic E-state index is -1.80. The van der Waals surface area contributed by atoms with Gasteiger partial charge in [-0.3, -0.25) is 0 Å². The van der Waals surface area contributed by atoms with Crippen molar-refractivity contribution in [3.8, 4) is 0 Å². The van der Waals surface area contributed by atoms with Crippen LogP contribution >= 0.6 is 7.26 Å². The van der Waals surface area contributed by atoms with Crippen molar-refractivity contribution in [1.29, 1.82) is 0 Å². The first kappa shape index (κ1) is 21.2. The zero-order valence-electron chi connectivity index (χ0n) is 16.2. The molecule has 0 bridgehead atoms. The van der Waals surface area contributed by atoms with Gasteiger partial charge < -0.3 is 28.7 Å². The first-order chi connectivity index (χ1) is 13.3. The van der Waals surface area contributed by atoms with Crippen molar-refractivity contribution in [1.82, 2.24) is 0 Å². The lowest BCUT2D eigenvalue weighted by Crippen LogP contribution is -3.00. The van der Waals surface area contributed by atoms with Gasteiger partial charge in [0.2, 0.25) is 0 Å². The molecule has 1 aliphatic rings. The van der Waals surface area contributed by atoms with Crippen molar-refractivity contribution in [2.75, 3.05) is 12.8 Å². The molecule has 1 atom stereocenters. The van der Waals surface area contributed by atoms with E-state index in [1.807, 2.05) is 0 Å². The average Bonchev–Trinajstić information content (AvgIpc) is 2.74. The van der Waals surface area contributed by atoms with Gasteiger partial charge in [-0.1, -0.05) is 66.2 Å². The zero-order valence-corrected chi connectivity index (χ0v) is 19.2. The van der Waals surface area contributed by atoms with E-state index in [4.69, 9.17) is 4.74 Å². The summed E-state index contributed by atoms with van der Waals surface area (Å²) in [7, 11) is -1.80. The number of halogens is 1. The Balaban J connectivity index is 0.00000225. The van der Waals surface area contributed by atoms with E-state index in [1.165, 1.54) is 21.5 Å². The van der Waals surface area contributed by atoms with Gasteiger partial charge in [0.05, 0.1) is 12.7 Å². The van der Waals surface area contributed by atoms with E-state index in [9.17, 15) is 0 Å². The minimum absolute atomic E-state index is 0. The van der Waals surface area contributed by atoms with Gasteiger partial charge in [0.25, 0.3) is 0 Å². The number of ether oxygens (including phenoxy) is 1. The molecule has 1 aliphatic heterocycles. The summed E-state index contributed by atoms with van der Waals surface area (Å²) in [6.45, 7) is 2.96. The smallest absolute Gasteiger partial charge is 0.114 e. The molecule has 0 aromatic heterocycles. The van der Waals surface area contributed by atoms with Gasteiger partial charge >= 0.3 is 0 Å². The maximum Gasteiger partial charge on any atom is 0.114 e. The van der Waals surface area contributed by atoms with Crippen LogP contribution in [0, 0.1) is 0 Å². The Morgan fingerprint density at radius 3 is 1.57 bits per heavy atom. The van der Waals surface area contributed by atoms with E-state index in [0.29, 0.717) is 0 Å². The van der Waals surface area contributed by atoms with Crippen LogP contribution in [-0.4, -0.2) is 18.9 Å². The van der Waals surface area contributed by atoms with Crippen molar-refractivity contribution >= 4 is 23.2 Å². The lowest BCUT2D eigenvalue weighted by atomic mass is 10.1. The molecule has 144 valence electrons. The van der Waals surface area contributed by atoms with Crippen LogP contribution in [0.15, 0.2) is 103 Å². The molecule has 0 saturated heterocycles. The summed E-state index contributed by atoms with van der Waals surface area (Å²) in [6.07, 6.45) is 4.53. The van der Waals surface area contributed by atoms with E-state index in [2.05, 4.69) is 104 Å². The van der Waals surface area contributed by atoms with Crippen LogP contribution < -0.4 is 39.9 Å². The van der Waals surface area contributed by atoms with E-state index in [0.717, 1.165) is 19.2 Å².